The minimum Gasteiger partial charge on any atom is -0.493 e. The molecule has 114 valence electrons. The Morgan fingerprint density at radius 3 is 2.30 bits per heavy atom. The van der Waals surface area contributed by atoms with Crippen LogP contribution < -0.4 is 14.8 Å². The van der Waals surface area contributed by atoms with Gasteiger partial charge in [-0.05, 0) is 49.7 Å². The van der Waals surface area contributed by atoms with Crippen LogP contribution in [-0.4, -0.2) is 35.0 Å². The first-order chi connectivity index (χ1) is 9.46. The molecule has 0 amide bonds. The number of unbranched alkanes of at least 4 members (excludes halogenated alkanes) is 1. The molecule has 0 aliphatic rings. The lowest BCUT2D eigenvalue weighted by molar-refractivity contribution is 0.354. The van der Waals surface area contributed by atoms with E-state index >= 15 is 0 Å². The molecule has 0 aromatic heterocycles. The first-order valence-electron chi connectivity index (χ1n) is 7.38. The zero-order valence-electron chi connectivity index (χ0n) is 13.6. The van der Waals surface area contributed by atoms with Gasteiger partial charge in [0.1, 0.15) is 0 Å². The molecule has 20 heavy (non-hydrogen) atoms. The smallest absolute Gasteiger partial charge is 0.160 e. The average Bonchev–Trinajstić information content (AvgIpc) is 2.41. The van der Waals surface area contributed by atoms with E-state index in [2.05, 4.69) is 37.1 Å². The van der Waals surface area contributed by atoms with E-state index in [-0.39, 0.29) is 0 Å². The zero-order valence-corrected chi connectivity index (χ0v) is 14.6. The fourth-order valence-electron chi connectivity index (χ4n) is 2.08. The molecular formula is C16H29NO2Si. The van der Waals surface area contributed by atoms with E-state index in [0.717, 1.165) is 24.5 Å². The van der Waals surface area contributed by atoms with Gasteiger partial charge >= 0.3 is 0 Å². The maximum Gasteiger partial charge on any atom is 0.160 e. The minimum absolute atomic E-state index is 0.799. The minimum atomic E-state index is -0.946. The van der Waals surface area contributed by atoms with Crippen molar-refractivity contribution in [3.05, 3.63) is 23.8 Å². The van der Waals surface area contributed by atoms with Crippen molar-refractivity contribution in [2.24, 2.45) is 0 Å². The van der Waals surface area contributed by atoms with Crippen LogP contribution in [0.2, 0.25) is 19.6 Å². The molecule has 0 heterocycles. The maximum atomic E-state index is 5.33. The Kier molecular flexibility index (Phi) is 7.09. The molecule has 0 saturated heterocycles. The monoisotopic (exact) mass is 295 g/mol. The second kappa shape index (κ2) is 8.32. The van der Waals surface area contributed by atoms with Gasteiger partial charge in [-0.2, -0.15) is 0 Å². The molecule has 0 unspecified atom stereocenters. The molecule has 1 aromatic carbocycles. The summed E-state index contributed by atoms with van der Waals surface area (Å²) in [6.45, 7) is 8.30. The van der Waals surface area contributed by atoms with Crippen LogP contribution in [-0.2, 0) is 6.42 Å². The lowest BCUT2D eigenvalue weighted by Gasteiger charge is -2.16. The number of rotatable bonds is 9. The fraction of sp³-hybridized carbons (Fsp3) is 0.625. The number of hydrogen-bond donors (Lipinski definition) is 1. The molecule has 0 aliphatic carbocycles. The molecule has 1 rings (SSSR count). The Hall–Kier alpha value is -1.00. The number of hydrogen-bond acceptors (Lipinski definition) is 3. The third-order valence-electron chi connectivity index (χ3n) is 3.17. The Bertz CT molecular complexity index is 402. The number of nitrogens with one attached hydrogen (secondary N) is 1. The van der Waals surface area contributed by atoms with E-state index in [9.17, 15) is 0 Å². The number of aryl methyl sites for hydroxylation is 1. The molecule has 0 fully saturated rings. The highest BCUT2D eigenvalue weighted by atomic mass is 28.3. The van der Waals surface area contributed by atoms with Crippen molar-refractivity contribution in [1.29, 1.82) is 0 Å². The van der Waals surface area contributed by atoms with Crippen molar-refractivity contribution < 1.29 is 9.47 Å². The van der Waals surface area contributed by atoms with Crippen LogP contribution in [0.4, 0.5) is 0 Å². The SMILES string of the molecule is COc1ccc(CCCCNC[Si](C)(C)C)cc1OC. The highest BCUT2D eigenvalue weighted by Gasteiger charge is 2.11. The molecule has 1 N–H and O–H groups in total. The van der Waals surface area contributed by atoms with Gasteiger partial charge in [0.15, 0.2) is 11.5 Å². The van der Waals surface area contributed by atoms with E-state index < -0.39 is 8.07 Å². The van der Waals surface area contributed by atoms with Crippen LogP contribution in [0.3, 0.4) is 0 Å². The van der Waals surface area contributed by atoms with E-state index in [0.29, 0.717) is 0 Å². The fourth-order valence-corrected chi connectivity index (χ4v) is 3.01. The predicted octanol–water partition coefficient (Wildman–Crippen LogP) is 3.49. The second-order valence-corrected chi connectivity index (χ2v) is 11.9. The first kappa shape index (κ1) is 17.0. The summed E-state index contributed by atoms with van der Waals surface area (Å²) in [6, 6.07) is 6.18. The van der Waals surface area contributed by atoms with E-state index in [1.807, 2.05) is 6.07 Å². The molecule has 0 aliphatic heterocycles. The molecule has 0 radical (unpaired) electrons. The highest BCUT2D eigenvalue weighted by molar-refractivity contribution is 6.76. The van der Waals surface area contributed by atoms with Crippen molar-refractivity contribution in [2.45, 2.75) is 38.9 Å². The molecule has 0 bridgehead atoms. The van der Waals surface area contributed by atoms with Gasteiger partial charge in [0, 0.05) is 0 Å². The van der Waals surface area contributed by atoms with Gasteiger partial charge < -0.3 is 14.8 Å². The van der Waals surface area contributed by atoms with Crippen LogP contribution in [0, 0.1) is 0 Å². The summed E-state index contributed by atoms with van der Waals surface area (Å²) < 4.78 is 10.6. The summed E-state index contributed by atoms with van der Waals surface area (Å²) in [6.07, 6.45) is 4.73. The number of methoxy groups -OCH3 is 2. The van der Waals surface area contributed by atoms with Crippen molar-refractivity contribution >= 4 is 8.07 Å². The Morgan fingerprint density at radius 2 is 1.70 bits per heavy atom. The van der Waals surface area contributed by atoms with Crippen LogP contribution in [0.1, 0.15) is 18.4 Å². The van der Waals surface area contributed by atoms with Gasteiger partial charge in [0.05, 0.1) is 22.3 Å². The Labute approximate surface area is 124 Å². The van der Waals surface area contributed by atoms with Crippen molar-refractivity contribution in [3.63, 3.8) is 0 Å². The Morgan fingerprint density at radius 1 is 1.00 bits per heavy atom. The quantitative estimate of drug-likeness (QED) is 0.559. The molecule has 3 nitrogen and oxygen atoms in total. The molecule has 1 aromatic rings. The van der Waals surface area contributed by atoms with Gasteiger partial charge in [0.2, 0.25) is 0 Å². The summed E-state index contributed by atoms with van der Waals surface area (Å²) in [5.74, 6) is 1.62. The highest BCUT2D eigenvalue weighted by Crippen LogP contribution is 2.28. The molecule has 0 saturated carbocycles. The first-order valence-corrected chi connectivity index (χ1v) is 11.1. The summed E-state index contributed by atoms with van der Waals surface area (Å²) in [5.41, 5.74) is 1.31. The van der Waals surface area contributed by atoms with Gasteiger partial charge in [-0.15, -0.1) is 0 Å². The summed E-state index contributed by atoms with van der Waals surface area (Å²) in [5, 5.41) is 3.57. The van der Waals surface area contributed by atoms with Crippen LogP contribution in [0.15, 0.2) is 18.2 Å². The summed E-state index contributed by atoms with van der Waals surface area (Å²) in [4.78, 5) is 0. The third kappa shape index (κ3) is 6.44. The number of benzene rings is 1. The molecule has 0 atom stereocenters. The van der Waals surface area contributed by atoms with E-state index in [1.165, 1.54) is 24.6 Å². The predicted molar refractivity (Wildman–Crippen MR) is 88.7 cm³/mol. The lowest BCUT2D eigenvalue weighted by atomic mass is 10.1. The van der Waals surface area contributed by atoms with Crippen LogP contribution in [0.5, 0.6) is 11.5 Å². The van der Waals surface area contributed by atoms with Gasteiger partial charge in [-0.3, -0.25) is 0 Å². The normalized spacial score (nSPS) is 11.4. The standard InChI is InChI=1S/C16H29NO2Si/c1-18-15-10-9-14(12-16(15)19-2)8-6-7-11-17-13-20(3,4)5/h9-10,12,17H,6-8,11,13H2,1-5H3. The summed E-state index contributed by atoms with van der Waals surface area (Å²) >= 11 is 0. The largest absolute Gasteiger partial charge is 0.493 e. The van der Waals surface area contributed by atoms with Crippen LogP contribution in [0.25, 0.3) is 0 Å². The van der Waals surface area contributed by atoms with Crippen molar-refractivity contribution in [3.8, 4) is 11.5 Å². The van der Waals surface area contributed by atoms with E-state index in [1.54, 1.807) is 14.2 Å². The summed E-state index contributed by atoms with van der Waals surface area (Å²) in [7, 11) is 2.41. The van der Waals surface area contributed by atoms with Crippen molar-refractivity contribution in [1.82, 2.24) is 5.32 Å². The van der Waals surface area contributed by atoms with Gasteiger partial charge in [0.25, 0.3) is 0 Å². The third-order valence-corrected chi connectivity index (χ3v) is 4.48. The molecule has 4 heteroatoms. The second-order valence-electron chi connectivity index (χ2n) is 6.38. The molecular weight excluding hydrogens is 266 g/mol. The van der Waals surface area contributed by atoms with Crippen LogP contribution >= 0.6 is 0 Å². The topological polar surface area (TPSA) is 30.5 Å². The average molecular weight is 295 g/mol. The zero-order chi connectivity index (χ0) is 15.0. The van der Waals surface area contributed by atoms with E-state index in [4.69, 9.17) is 9.47 Å². The molecule has 0 spiro atoms. The Balaban J connectivity index is 2.28. The lowest BCUT2D eigenvalue weighted by Crippen LogP contribution is -2.37. The number of ether oxygens (including phenoxy) is 2. The van der Waals surface area contributed by atoms with Gasteiger partial charge in [-0.1, -0.05) is 25.7 Å². The maximum absolute atomic E-state index is 5.33. The van der Waals surface area contributed by atoms with Gasteiger partial charge in [-0.25, -0.2) is 0 Å². The van der Waals surface area contributed by atoms with Crippen molar-refractivity contribution in [2.75, 3.05) is 26.9 Å².